The Morgan fingerprint density at radius 3 is 2.64 bits per heavy atom. The van der Waals surface area contributed by atoms with Gasteiger partial charge in [0.15, 0.2) is 0 Å². The zero-order valence-electron chi connectivity index (χ0n) is 13.1. The van der Waals surface area contributed by atoms with Gasteiger partial charge in [-0.2, -0.15) is 0 Å². The second-order valence-electron chi connectivity index (χ2n) is 5.31. The quantitative estimate of drug-likeness (QED) is 0.789. The molecule has 2 aromatic rings. The number of carbonyl (C=O) groups is 1. The van der Waals surface area contributed by atoms with Gasteiger partial charge in [0.2, 0.25) is 0 Å². The molecule has 0 fully saturated rings. The summed E-state index contributed by atoms with van der Waals surface area (Å²) in [6.45, 7) is 6.24. The molecule has 0 aromatic carbocycles. The zero-order valence-corrected chi connectivity index (χ0v) is 13.1. The van der Waals surface area contributed by atoms with E-state index in [9.17, 15) is 9.59 Å². The first kappa shape index (κ1) is 15.9. The highest BCUT2D eigenvalue weighted by atomic mass is 16.3. The number of furan rings is 1. The summed E-state index contributed by atoms with van der Waals surface area (Å²) in [6.07, 6.45) is 0.630. The molecule has 0 saturated heterocycles. The van der Waals surface area contributed by atoms with Crippen molar-refractivity contribution in [2.45, 2.75) is 33.7 Å². The zero-order chi connectivity index (χ0) is 16.1. The topological polar surface area (TPSA) is 87.1 Å². The third-order valence-corrected chi connectivity index (χ3v) is 3.37. The molecule has 0 atom stereocenters. The third kappa shape index (κ3) is 4.25. The van der Waals surface area contributed by atoms with Crippen LogP contribution in [0.3, 0.4) is 0 Å². The summed E-state index contributed by atoms with van der Waals surface area (Å²) < 4.78 is 5.42. The number of rotatable bonds is 5. The number of amides is 2. The third-order valence-electron chi connectivity index (χ3n) is 3.37. The highest BCUT2D eigenvalue weighted by molar-refractivity contribution is 5.73. The SMILES string of the molecule is Cc1cc(C)c(CNC(=O)NCCc2ccc(C)o2)c(=O)[nH]1. The van der Waals surface area contributed by atoms with Crippen molar-refractivity contribution in [3.63, 3.8) is 0 Å². The Bertz CT molecular complexity index is 716. The predicted octanol–water partition coefficient (Wildman–Crippen LogP) is 1.94. The van der Waals surface area contributed by atoms with E-state index < -0.39 is 0 Å². The van der Waals surface area contributed by atoms with E-state index >= 15 is 0 Å². The molecule has 3 N–H and O–H groups in total. The van der Waals surface area contributed by atoms with Crippen molar-refractivity contribution in [3.05, 3.63) is 56.9 Å². The average Bonchev–Trinajstić information content (AvgIpc) is 2.83. The van der Waals surface area contributed by atoms with Crippen LogP contribution in [0.5, 0.6) is 0 Å². The smallest absolute Gasteiger partial charge is 0.315 e. The summed E-state index contributed by atoms with van der Waals surface area (Å²) >= 11 is 0. The van der Waals surface area contributed by atoms with Crippen LogP contribution in [0.15, 0.2) is 27.4 Å². The highest BCUT2D eigenvalue weighted by Crippen LogP contribution is 2.06. The van der Waals surface area contributed by atoms with Crippen molar-refractivity contribution in [2.75, 3.05) is 6.54 Å². The molecule has 0 aliphatic heterocycles. The maximum atomic E-state index is 11.8. The molecule has 0 bridgehead atoms. The Balaban J connectivity index is 1.79. The van der Waals surface area contributed by atoms with E-state index in [4.69, 9.17) is 4.42 Å². The summed E-state index contributed by atoms with van der Waals surface area (Å²) in [5.41, 5.74) is 2.09. The van der Waals surface area contributed by atoms with Gasteiger partial charge < -0.3 is 20.0 Å². The van der Waals surface area contributed by atoms with Crippen LogP contribution >= 0.6 is 0 Å². The molecule has 6 nitrogen and oxygen atoms in total. The minimum absolute atomic E-state index is 0.163. The molecule has 0 radical (unpaired) electrons. The van der Waals surface area contributed by atoms with Crippen LogP contribution in [0.25, 0.3) is 0 Å². The first-order valence-electron chi connectivity index (χ1n) is 7.22. The lowest BCUT2D eigenvalue weighted by molar-refractivity contribution is 0.240. The van der Waals surface area contributed by atoms with Gasteiger partial charge in [0.05, 0.1) is 6.54 Å². The summed E-state index contributed by atoms with van der Waals surface area (Å²) in [4.78, 5) is 26.3. The van der Waals surface area contributed by atoms with Gasteiger partial charge in [-0.15, -0.1) is 0 Å². The van der Waals surface area contributed by atoms with Gasteiger partial charge in [0, 0.05) is 24.2 Å². The Morgan fingerprint density at radius 1 is 1.23 bits per heavy atom. The summed E-state index contributed by atoms with van der Waals surface area (Å²) in [5.74, 6) is 1.69. The molecule has 0 unspecified atom stereocenters. The van der Waals surface area contributed by atoms with Gasteiger partial charge in [-0.1, -0.05) is 0 Å². The van der Waals surface area contributed by atoms with E-state index in [1.807, 2.05) is 39.0 Å². The lowest BCUT2D eigenvalue weighted by Gasteiger charge is -2.09. The number of nitrogens with one attached hydrogen (secondary N) is 3. The van der Waals surface area contributed by atoms with E-state index in [1.54, 1.807) is 0 Å². The molecular formula is C16H21N3O3. The molecule has 6 heteroatoms. The predicted molar refractivity (Wildman–Crippen MR) is 83.9 cm³/mol. The monoisotopic (exact) mass is 303 g/mol. The number of pyridine rings is 1. The largest absolute Gasteiger partial charge is 0.466 e. The molecule has 2 amide bonds. The normalized spacial score (nSPS) is 10.5. The number of aromatic nitrogens is 1. The molecular weight excluding hydrogens is 282 g/mol. The lowest BCUT2D eigenvalue weighted by atomic mass is 10.1. The van der Waals surface area contributed by atoms with Crippen LogP contribution < -0.4 is 16.2 Å². The molecule has 118 valence electrons. The van der Waals surface area contributed by atoms with Crippen LogP contribution in [0, 0.1) is 20.8 Å². The molecule has 2 rings (SSSR count). The summed E-state index contributed by atoms with van der Waals surface area (Å²) in [5, 5.41) is 5.43. The van der Waals surface area contributed by atoms with E-state index in [1.165, 1.54) is 0 Å². The number of aryl methyl sites for hydroxylation is 3. The number of hydrogen-bond acceptors (Lipinski definition) is 3. The van der Waals surface area contributed by atoms with Crippen LogP contribution in [0.2, 0.25) is 0 Å². The fourth-order valence-electron chi connectivity index (χ4n) is 2.25. The van der Waals surface area contributed by atoms with Crippen molar-refractivity contribution in [3.8, 4) is 0 Å². The van der Waals surface area contributed by atoms with Crippen LogP contribution in [-0.4, -0.2) is 17.6 Å². The van der Waals surface area contributed by atoms with Gasteiger partial charge in [-0.05, 0) is 44.5 Å². The van der Waals surface area contributed by atoms with Gasteiger partial charge in [0.1, 0.15) is 11.5 Å². The number of carbonyl (C=O) groups excluding carboxylic acids is 1. The van der Waals surface area contributed by atoms with Gasteiger partial charge >= 0.3 is 6.03 Å². The van der Waals surface area contributed by atoms with Crippen molar-refractivity contribution in [1.29, 1.82) is 0 Å². The Labute approximate surface area is 128 Å². The number of aromatic amines is 1. The second-order valence-corrected chi connectivity index (χ2v) is 5.31. The molecule has 0 saturated carbocycles. The average molecular weight is 303 g/mol. The minimum Gasteiger partial charge on any atom is -0.466 e. The lowest BCUT2D eigenvalue weighted by Crippen LogP contribution is -2.37. The van der Waals surface area contributed by atoms with E-state index in [-0.39, 0.29) is 18.1 Å². The highest BCUT2D eigenvalue weighted by Gasteiger charge is 2.07. The Kier molecular flexibility index (Phi) is 5.04. The van der Waals surface area contributed by atoms with Gasteiger partial charge in [0.25, 0.3) is 5.56 Å². The fraction of sp³-hybridized carbons (Fsp3) is 0.375. The first-order chi connectivity index (χ1) is 10.5. The molecule has 0 spiro atoms. The number of urea groups is 1. The minimum atomic E-state index is -0.303. The molecule has 2 aromatic heterocycles. The maximum Gasteiger partial charge on any atom is 0.315 e. The van der Waals surface area contributed by atoms with Crippen molar-refractivity contribution < 1.29 is 9.21 Å². The number of hydrogen-bond donors (Lipinski definition) is 3. The second kappa shape index (κ2) is 6.98. The standard InChI is InChI=1S/C16H21N3O3/c1-10-8-11(2)19-15(20)14(10)9-18-16(21)17-7-6-13-5-4-12(3)22-13/h4-5,8H,6-7,9H2,1-3H3,(H,19,20)(H2,17,18,21). The first-order valence-corrected chi connectivity index (χ1v) is 7.22. The molecule has 2 heterocycles. The van der Waals surface area contributed by atoms with Crippen LogP contribution in [-0.2, 0) is 13.0 Å². The van der Waals surface area contributed by atoms with Crippen LogP contribution in [0.4, 0.5) is 4.79 Å². The van der Waals surface area contributed by atoms with Crippen LogP contribution in [0.1, 0.15) is 28.3 Å². The van der Waals surface area contributed by atoms with Crippen molar-refractivity contribution in [2.24, 2.45) is 0 Å². The van der Waals surface area contributed by atoms with Gasteiger partial charge in [-0.25, -0.2) is 4.79 Å². The Hall–Kier alpha value is -2.50. The van der Waals surface area contributed by atoms with E-state index in [0.29, 0.717) is 18.5 Å². The molecule has 22 heavy (non-hydrogen) atoms. The summed E-state index contributed by atoms with van der Waals surface area (Å²) in [6, 6.07) is 5.37. The van der Waals surface area contributed by atoms with Crippen molar-refractivity contribution in [1.82, 2.24) is 15.6 Å². The van der Waals surface area contributed by atoms with Gasteiger partial charge in [-0.3, -0.25) is 4.79 Å². The molecule has 0 aliphatic carbocycles. The maximum absolute atomic E-state index is 11.8. The van der Waals surface area contributed by atoms with E-state index in [2.05, 4.69) is 15.6 Å². The molecule has 0 aliphatic rings. The fourth-order valence-corrected chi connectivity index (χ4v) is 2.25. The number of H-pyrrole nitrogens is 1. The van der Waals surface area contributed by atoms with E-state index in [0.717, 1.165) is 22.8 Å². The van der Waals surface area contributed by atoms with Crippen molar-refractivity contribution >= 4 is 6.03 Å². The summed E-state index contributed by atoms with van der Waals surface area (Å²) in [7, 11) is 0. The Morgan fingerprint density at radius 2 is 2.00 bits per heavy atom.